The highest BCUT2D eigenvalue weighted by Crippen LogP contribution is 2.32. The third-order valence-corrected chi connectivity index (χ3v) is 3.42. The molecule has 1 aliphatic heterocycles. The molecule has 1 aliphatic rings. The largest absolute Gasteiger partial charge is 0.480 e. The van der Waals surface area contributed by atoms with Crippen LogP contribution < -0.4 is 14.8 Å². The number of hydrogen-bond donors (Lipinski definition) is 2. The summed E-state index contributed by atoms with van der Waals surface area (Å²) in [5.74, 6) is -0.383. The van der Waals surface area contributed by atoms with Crippen LogP contribution in [0.5, 0.6) is 11.5 Å². The van der Waals surface area contributed by atoms with Gasteiger partial charge in [0.15, 0.2) is 11.5 Å². The smallest absolute Gasteiger partial charge is 0.326 e. The van der Waals surface area contributed by atoms with Gasteiger partial charge in [0, 0.05) is 5.56 Å². The maximum Gasteiger partial charge on any atom is 0.326 e. The molecule has 22 heavy (non-hydrogen) atoms. The highest BCUT2D eigenvalue weighted by atomic mass is 16.7. The van der Waals surface area contributed by atoms with Gasteiger partial charge in [-0.25, -0.2) is 4.79 Å². The quantitative estimate of drug-likeness (QED) is 0.872. The molecule has 0 spiro atoms. The van der Waals surface area contributed by atoms with Crippen molar-refractivity contribution in [1.29, 1.82) is 0 Å². The van der Waals surface area contributed by atoms with Crippen molar-refractivity contribution in [2.24, 2.45) is 5.41 Å². The van der Waals surface area contributed by atoms with Crippen molar-refractivity contribution in [1.82, 2.24) is 5.32 Å². The van der Waals surface area contributed by atoms with Crippen LogP contribution in [0.1, 0.15) is 44.0 Å². The van der Waals surface area contributed by atoms with E-state index >= 15 is 0 Å². The Kier molecular flexibility index (Phi) is 4.59. The first-order valence-corrected chi connectivity index (χ1v) is 7.19. The lowest BCUT2D eigenvalue weighted by molar-refractivity contribution is -0.139. The van der Waals surface area contributed by atoms with Gasteiger partial charge < -0.3 is 19.9 Å². The average molecular weight is 307 g/mol. The zero-order chi connectivity index (χ0) is 16.3. The first-order valence-electron chi connectivity index (χ1n) is 7.19. The molecule has 0 aliphatic carbocycles. The highest BCUT2D eigenvalue weighted by Gasteiger charge is 2.24. The average Bonchev–Trinajstić information content (AvgIpc) is 2.88. The topological polar surface area (TPSA) is 84.9 Å². The SMILES string of the molecule is CC(C)(C)CCC(NC(=O)c1ccc2c(c1)OCO2)C(=O)O. The molecule has 1 heterocycles. The van der Waals surface area contributed by atoms with Crippen LogP contribution in [0, 0.1) is 5.41 Å². The van der Waals surface area contributed by atoms with Gasteiger partial charge in [-0.1, -0.05) is 20.8 Å². The van der Waals surface area contributed by atoms with Crippen LogP contribution in [0.3, 0.4) is 0 Å². The molecule has 1 unspecified atom stereocenters. The summed E-state index contributed by atoms with van der Waals surface area (Å²) in [6.07, 6.45) is 1.08. The first-order chi connectivity index (χ1) is 10.3. The molecule has 1 aromatic rings. The third kappa shape index (κ3) is 4.13. The van der Waals surface area contributed by atoms with Gasteiger partial charge in [-0.3, -0.25) is 4.79 Å². The monoisotopic (exact) mass is 307 g/mol. The van der Waals surface area contributed by atoms with E-state index in [4.69, 9.17) is 9.47 Å². The number of aliphatic carboxylic acids is 1. The number of benzene rings is 1. The summed E-state index contributed by atoms with van der Waals surface area (Å²) in [6.45, 7) is 6.23. The molecule has 6 nitrogen and oxygen atoms in total. The lowest BCUT2D eigenvalue weighted by Gasteiger charge is -2.21. The number of rotatable bonds is 5. The molecule has 2 N–H and O–H groups in total. The van der Waals surface area contributed by atoms with Gasteiger partial charge in [-0.15, -0.1) is 0 Å². The number of carboxylic acid groups (broad SMARTS) is 1. The Hall–Kier alpha value is -2.24. The van der Waals surface area contributed by atoms with Crippen molar-refractivity contribution in [2.75, 3.05) is 6.79 Å². The Labute approximate surface area is 129 Å². The normalized spacial score (nSPS) is 14.5. The van der Waals surface area contributed by atoms with E-state index in [1.807, 2.05) is 20.8 Å². The number of carbonyl (C=O) groups is 2. The molecule has 0 radical (unpaired) electrons. The second-order valence-electron chi connectivity index (χ2n) is 6.53. The number of nitrogens with one attached hydrogen (secondary N) is 1. The van der Waals surface area contributed by atoms with E-state index in [-0.39, 0.29) is 12.2 Å². The number of amides is 1. The Morgan fingerprint density at radius 2 is 1.95 bits per heavy atom. The fourth-order valence-corrected chi connectivity index (χ4v) is 2.11. The molecule has 1 aromatic carbocycles. The summed E-state index contributed by atoms with van der Waals surface area (Å²) in [4.78, 5) is 23.5. The van der Waals surface area contributed by atoms with Crippen LogP contribution in [0.25, 0.3) is 0 Å². The lowest BCUT2D eigenvalue weighted by Crippen LogP contribution is -2.41. The Balaban J connectivity index is 2.03. The van der Waals surface area contributed by atoms with Gasteiger partial charge in [-0.05, 0) is 36.5 Å². The minimum absolute atomic E-state index is 0.0111. The Morgan fingerprint density at radius 1 is 1.27 bits per heavy atom. The zero-order valence-corrected chi connectivity index (χ0v) is 13.0. The molecule has 120 valence electrons. The summed E-state index contributed by atoms with van der Waals surface area (Å²) < 4.78 is 10.4. The molecule has 1 amide bonds. The molecule has 6 heteroatoms. The van der Waals surface area contributed by atoms with Crippen molar-refractivity contribution >= 4 is 11.9 Å². The zero-order valence-electron chi connectivity index (χ0n) is 13.0. The minimum atomic E-state index is -1.03. The number of carboxylic acids is 1. The van der Waals surface area contributed by atoms with E-state index in [0.717, 1.165) is 0 Å². The molecule has 1 atom stereocenters. The summed E-state index contributed by atoms with van der Waals surface area (Å²) in [5, 5.41) is 11.8. The van der Waals surface area contributed by atoms with Gasteiger partial charge in [0.25, 0.3) is 5.91 Å². The second-order valence-corrected chi connectivity index (χ2v) is 6.53. The number of hydrogen-bond acceptors (Lipinski definition) is 4. The van der Waals surface area contributed by atoms with Crippen LogP contribution in [0.15, 0.2) is 18.2 Å². The fourth-order valence-electron chi connectivity index (χ4n) is 2.11. The van der Waals surface area contributed by atoms with Crippen LogP contribution in [-0.2, 0) is 4.79 Å². The van der Waals surface area contributed by atoms with E-state index in [1.165, 1.54) is 0 Å². The van der Waals surface area contributed by atoms with Gasteiger partial charge >= 0.3 is 5.97 Å². The summed E-state index contributed by atoms with van der Waals surface area (Å²) >= 11 is 0. The standard InChI is InChI=1S/C16H21NO5/c1-16(2,3)7-6-11(15(19)20)17-14(18)10-4-5-12-13(8-10)22-9-21-12/h4-5,8,11H,6-7,9H2,1-3H3,(H,17,18)(H,19,20). The van der Waals surface area contributed by atoms with Gasteiger partial charge in [0.05, 0.1) is 0 Å². The van der Waals surface area contributed by atoms with Crippen molar-refractivity contribution in [3.63, 3.8) is 0 Å². The summed E-state index contributed by atoms with van der Waals surface area (Å²) in [7, 11) is 0. The van der Waals surface area contributed by atoms with Gasteiger partial charge in [-0.2, -0.15) is 0 Å². The maximum atomic E-state index is 12.2. The molecular formula is C16H21NO5. The predicted octanol–water partition coefficient (Wildman–Crippen LogP) is 2.42. The van der Waals surface area contributed by atoms with Gasteiger partial charge in [0.1, 0.15) is 6.04 Å². The Morgan fingerprint density at radius 3 is 2.59 bits per heavy atom. The van der Waals surface area contributed by atoms with Crippen molar-refractivity contribution in [3.05, 3.63) is 23.8 Å². The highest BCUT2D eigenvalue weighted by molar-refractivity contribution is 5.97. The van der Waals surface area contributed by atoms with Crippen LogP contribution >= 0.6 is 0 Å². The van der Waals surface area contributed by atoms with E-state index < -0.39 is 17.9 Å². The predicted molar refractivity (Wildman–Crippen MR) is 80.1 cm³/mol. The molecule has 2 rings (SSSR count). The molecule has 0 saturated carbocycles. The van der Waals surface area contributed by atoms with Gasteiger partial charge in [0.2, 0.25) is 6.79 Å². The molecule has 0 saturated heterocycles. The lowest BCUT2D eigenvalue weighted by atomic mass is 9.88. The molecule has 0 aromatic heterocycles. The fraction of sp³-hybridized carbons (Fsp3) is 0.500. The van der Waals surface area contributed by atoms with Crippen molar-refractivity contribution < 1.29 is 24.2 Å². The summed E-state index contributed by atoms with van der Waals surface area (Å²) in [5.41, 5.74) is 0.364. The Bertz CT molecular complexity index is 576. The second kappa shape index (κ2) is 6.25. The minimum Gasteiger partial charge on any atom is -0.480 e. The molecule has 0 bridgehead atoms. The van der Waals surface area contributed by atoms with Crippen LogP contribution in [-0.4, -0.2) is 29.8 Å². The molecule has 0 fully saturated rings. The third-order valence-electron chi connectivity index (χ3n) is 3.42. The van der Waals surface area contributed by atoms with E-state index in [1.54, 1.807) is 18.2 Å². The van der Waals surface area contributed by atoms with Crippen molar-refractivity contribution in [2.45, 2.75) is 39.7 Å². The van der Waals surface area contributed by atoms with E-state index in [9.17, 15) is 14.7 Å². The van der Waals surface area contributed by atoms with E-state index in [2.05, 4.69) is 5.32 Å². The maximum absolute atomic E-state index is 12.2. The van der Waals surface area contributed by atoms with Crippen LogP contribution in [0.4, 0.5) is 0 Å². The number of ether oxygens (including phenoxy) is 2. The number of carbonyl (C=O) groups excluding carboxylic acids is 1. The first kappa shape index (κ1) is 16.1. The number of fused-ring (bicyclic) bond motifs is 1. The van der Waals surface area contributed by atoms with E-state index in [0.29, 0.717) is 29.9 Å². The van der Waals surface area contributed by atoms with Crippen LogP contribution in [0.2, 0.25) is 0 Å². The van der Waals surface area contributed by atoms with Crippen molar-refractivity contribution in [3.8, 4) is 11.5 Å². The molecular weight excluding hydrogens is 286 g/mol. The summed E-state index contributed by atoms with van der Waals surface area (Å²) in [6, 6.07) is 3.88.